The highest BCUT2D eigenvalue weighted by Crippen LogP contribution is 2.40. The normalized spacial score (nSPS) is 13.1. The fourth-order valence-electron chi connectivity index (χ4n) is 3.86. The zero-order chi connectivity index (χ0) is 23.5. The van der Waals surface area contributed by atoms with Gasteiger partial charge in [-0.05, 0) is 41.8 Å². The Morgan fingerprint density at radius 3 is 2.56 bits per heavy atom. The Labute approximate surface area is 195 Å². The van der Waals surface area contributed by atoms with E-state index in [0.29, 0.717) is 28.6 Å². The van der Waals surface area contributed by atoms with Gasteiger partial charge in [0.25, 0.3) is 5.91 Å². The second-order valence-electron chi connectivity index (χ2n) is 7.69. The Morgan fingerprint density at radius 2 is 1.76 bits per heavy atom. The summed E-state index contributed by atoms with van der Waals surface area (Å²) in [6, 6.07) is 23.5. The van der Waals surface area contributed by atoms with Crippen molar-refractivity contribution in [3.05, 3.63) is 85.1 Å². The average molecular weight is 452 g/mol. The van der Waals surface area contributed by atoms with Crippen molar-refractivity contribution in [1.29, 1.82) is 0 Å². The Morgan fingerprint density at radius 1 is 0.971 bits per heavy atom. The highest BCUT2D eigenvalue weighted by Gasteiger charge is 2.28. The Kier molecular flexibility index (Phi) is 5.61. The van der Waals surface area contributed by atoms with Crippen molar-refractivity contribution < 1.29 is 19.1 Å². The summed E-state index contributed by atoms with van der Waals surface area (Å²) in [6.07, 6.45) is 1.31. The molecule has 0 atom stereocenters. The minimum Gasteiger partial charge on any atom is -0.468 e. The van der Waals surface area contributed by atoms with Gasteiger partial charge in [-0.1, -0.05) is 36.4 Å². The molecule has 2 N–H and O–H groups in total. The van der Waals surface area contributed by atoms with Crippen LogP contribution in [0.25, 0.3) is 10.8 Å². The molecule has 2 heterocycles. The van der Waals surface area contributed by atoms with Gasteiger partial charge in [-0.15, -0.1) is 0 Å². The lowest BCUT2D eigenvalue weighted by Crippen LogP contribution is -2.26. The standard InChI is InChI=1S/C26H20N4O4/c31-22-15-25(33)30(21-13-8-17-5-1-2-6-20(17)26(21)29-22)19-11-9-18(10-12-19)28-23(32)16-34-24-7-3-4-14-27-24/h1-14H,15-16H2,(H,28,32)(H,29,31). The molecule has 0 saturated heterocycles. The summed E-state index contributed by atoms with van der Waals surface area (Å²) >= 11 is 0. The summed E-state index contributed by atoms with van der Waals surface area (Å²) in [4.78, 5) is 43.1. The molecule has 0 radical (unpaired) electrons. The number of benzene rings is 3. The molecule has 1 aromatic heterocycles. The Hall–Kier alpha value is -4.72. The Balaban J connectivity index is 1.38. The summed E-state index contributed by atoms with van der Waals surface area (Å²) in [5, 5.41) is 7.45. The van der Waals surface area contributed by atoms with Crippen LogP contribution in [0.15, 0.2) is 85.1 Å². The molecule has 0 fully saturated rings. The minimum atomic E-state index is -0.359. The second-order valence-corrected chi connectivity index (χ2v) is 7.69. The first-order valence-corrected chi connectivity index (χ1v) is 10.7. The van der Waals surface area contributed by atoms with Crippen molar-refractivity contribution in [3.8, 4) is 5.88 Å². The molecule has 0 aliphatic carbocycles. The van der Waals surface area contributed by atoms with Crippen molar-refractivity contribution in [2.24, 2.45) is 0 Å². The van der Waals surface area contributed by atoms with E-state index in [2.05, 4.69) is 15.6 Å². The lowest BCUT2D eigenvalue weighted by Gasteiger charge is -2.23. The molecule has 8 heteroatoms. The zero-order valence-electron chi connectivity index (χ0n) is 18.0. The number of ether oxygens (including phenoxy) is 1. The van der Waals surface area contributed by atoms with Crippen LogP contribution in [0.3, 0.4) is 0 Å². The number of nitrogens with zero attached hydrogens (tertiary/aromatic N) is 2. The van der Waals surface area contributed by atoms with Gasteiger partial charge in [0.1, 0.15) is 6.42 Å². The van der Waals surface area contributed by atoms with Gasteiger partial charge in [0.05, 0.1) is 11.4 Å². The van der Waals surface area contributed by atoms with Crippen molar-refractivity contribution in [1.82, 2.24) is 4.98 Å². The van der Waals surface area contributed by atoms with E-state index in [1.54, 1.807) is 48.7 Å². The highest BCUT2D eigenvalue weighted by atomic mass is 16.5. The van der Waals surface area contributed by atoms with Gasteiger partial charge < -0.3 is 15.4 Å². The summed E-state index contributed by atoms with van der Waals surface area (Å²) in [5.41, 5.74) is 2.32. The lowest BCUT2D eigenvalue weighted by molar-refractivity contribution is -0.124. The van der Waals surface area contributed by atoms with E-state index in [9.17, 15) is 14.4 Å². The van der Waals surface area contributed by atoms with E-state index >= 15 is 0 Å². The Bertz CT molecular complexity index is 1390. The highest BCUT2D eigenvalue weighted by molar-refractivity contribution is 6.21. The van der Waals surface area contributed by atoms with Gasteiger partial charge in [0, 0.05) is 29.0 Å². The van der Waals surface area contributed by atoms with Crippen molar-refractivity contribution in [2.45, 2.75) is 6.42 Å². The third-order valence-electron chi connectivity index (χ3n) is 5.37. The molecule has 0 bridgehead atoms. The van der Waals surface area contributed by atoms with E-state index in [1.807, 2.05) is 36.4 Å². The first kappa shape index (κ1) is 21.1. The molecular weight excluding hydrogens is 432 g/mol. The molecule has 0 saturated carbocycles. The molecular formula is C26H20N4O4. The van der Waals surface area contributed by atoms with Crippen LogP contribution in [-0.2, 0) is 14.4 Å². The summed E-state index contributed by atoms with van der Waals surface area (Å²) in [7, 11) is 0. The summed E-state index contributed by atoms with van der Waals surface area (Å²) in [6.45, 7) is -0.183. The number of hydrogen-bond acceptors (Lipinski definition) is 5. The van der Waals surface area contributed by atoms with Crippen LogP contribution in [0.2, 0.25) is 0 Å². The third-order valence-corrected chi connectivity index (χ3v) is 5.37. The number of fused-ring (bicyclic) bond motifs is 3. The van der Waals surface area contributed by atoms with Gasteiger partial charge in [-0.3, -0.25) is 19.3 Å². The molecule has 34 heavy (non-hydrogen) atoms. The number of carbonyl (C=O) groups excluding carboxylic acids is 3. The third kappa shape index (κ3) is 4.29. The van der Waals surface area contributed by atoms with E-state index in [-0.39, 0.29) is 30.7 Å². The maximum absolute atomic E-state index is 13.0. The fourth-order valence-corrected chi connectivity index (χ4v) is 3.86. The van der Waals surface area contributed by atoms with Gasteiger partial charge in [0.15, 0.2) is 6.61 Å². The van der Waals surface area contributed by atoms with Crippen molar-refractivity contribution in [3.63, 3.8) is 0 Å². The SMILES string of the molecule is O=C(COc1ccccn1)Nc1ccc(N2C(=O)CC(=O)Nc3c2ccc2ccccc32)cc1. The molecule has 5 rings (SSSR count). The van der Waals surface area contributed by atoms with Crippen LogP contribution in [-0.4, -0.2) is 29.3 Å². The molecule has 3 aromatic carbocycles. The first-order chi connectivity index (χ1) is 16.6. The second kappa shape index (κ2) is 9.03. The van der Waals surface area contributed by atoms with Crippen LogP contribution in [0.4, 0.5) is 22.7 Å². The van der Waals surface area contributed by atoms with Crippen molar-refractivity contribution >= 4 is 51.2 Å². The average Bonchev–Trinajstić information content (AvgIpc) is 2.98. The van der Waals surface area contributed by atoms with E-state index in [0.717, 1.165) is 10.8 Å². The maximum atomic E-state index is 13.0. The number of anilines is 4. The summed E-state index contributed by atoms with van der Waals surface area (Å²) in [5.74, 6) is -0.674. The number of hydrogen-bond donors (Lipinski definition) is 2. The molecule has 8 nitrogen and oxygen atoms in total. The number of carbonyl (C=O) groups is 3. The number of rotatable bonds is 5. The monoisotopic (exact) mass is 452 g/mol. The maximum Gasteiger partial charge on any atom is 0.262 e. The predicted molar refractivity (Wildman–Crippen MR) is 129 cm³/mol. The summed E-state index contributed by atoms with van der Waals surface area (Å²) < 4.78 is 5.36. The number of aromatic nitrogens is 1. The molecule has 168 valence electrons. The largest absolute Gasteiger partial charge is 0.468 e. The smallest absolute Gasteiger partial charge is 0.262 e. The minimum absolute atomic E-state index is 0.183. The van der Waals surface area contributed by atoms with Gasteiger partial charge >= 0.3 is 0 Å². The lowest BCUT2D eigenvalue weighted by atomic mass is 10.1. The predicted octanol–water partition coefficient (Wildman–Crippen LogP) is 4.26. The first-order valence-electron chi connectivity index (χ1n) is 10.7. The van der Waals surface area contributed by atoms with Gasteiger partial charge in [-0.2, -0.15) is 0 Å². The van der Waals surface area contributed by atoms with E-state index in [1.165, 1.54) is 4.90 Å². The van der Waals surface area contributed by atoms with Gasteiger partial charge in [0.2, 0.25) is 17.7 Å². The number of pyridine rings is 1. The number of nitrogens with one attached hydrogen (secondary N) is 2. The van der Waals surface area contributed by atoms with E-state index < -0.39 is 0 Å². The molecule has 0 spiro atoms. The van der Waals surface area contributed by atoms with Crippen LogP contribution in [0, 0.1) is 0 Å². The fraction of sp³-hybridized carbons (Fsp3) is 0.0769. The molecule has 1 aliphatic rings. The topological polar surface area (TPSA) is 101 Å². The zero-order valence-corrected chi connectivity index (χ0v) is 18.0. The molecule has 1 aliphatic heterocycles. The van der Waals surface area contributed by atoms with Crippen LogP contribution in [0.5, 0.6) is 5.88 Å². The van der Waals surface area contributed by atoms with Crippen molar-refractivity contribution in [2.75, 3.05) is 22.1 Å². The quantitative estimate of drug-likeness (QED) is 0.441. The van der Waals surface area contributed by atoms with Gasteiger partial charge in [-0.25, -0.2) is 4.98 Å². The molecule has 0 unspecified atom stereocenters. The van der Waals surface area contributed by atoms with E-state index in [4.69, 9.17) is 4.74 Å². The van der Waals surface area contributed by atoms with Crippen LogP contribution < -0.4 is 20.3 Å². The molecule has 4 aromatic rings. The van der Waals surface area contributed by atoms with Crippen LogP contribution >= 0.6 is 0 Å². The van der Waals surface area contributed by atoms with Crippen LogP contribution in [0.1, 0.15) is 6.42 Å². The molecule has 3 amide bonds. The number of amides is 3.